The number of anilines is 1. The van der Waals surface area contributed by atoms with Gasteiger partial charge in [0.2, 0.25) is 5.91 Å². The lowest BCUT2D eigenvalue weighted by Gasteiger charge is -2.05. The van der Waals surface area contributed by atoms with Gasteiger partial charge in [-0.05, 0) is 13.8 Å². The minimum atomic E-state index is -0.992. The summed E-state index contributed by atoms with van der Waals surface area (Å²) in [6.45, 7) is 3.62. The summed E-state index contributed by atoms with van der Waals surface area (Å²) in [5, 5.41) is 23.0. The Bertz CT molecular complexity index is 687. The number of rotatable bonds is 5. The van der Waals surface area contributed by atoms with E-state index in [0.717, 1.165) is 11.4 Å². The lowest BCUT2D eigenvalue weighted by atomic mass is 10.3. The first-order valence-corrected chi connectivity index (χ1v) is 6.27. The molecule has 0 bridgehead atoms. The van der Waals surface area contributed by atoms with E-state index in [0.29, 0.717) is 11.4 Å². The number of aromatic nitrogens is 5. The molecule has 0 aliphatic rings. The molecule has 0 atom stereocenters. The fraction of sp³-hybridized carbons (Fsp3) is 0.417. The van der Waals surface area contributed by atoms with E-state index in [9.17, 15) is 9.59 Å². The van der Waals surface area contributed by atoms with Gasteiger partial charge >= 0.3 is 5.97 Å². The second-order valence-electron chi connectivity index (χ2n) is 4.70. The molecule has 2 N–H and O–H groups in total. The van der Waals surface area contributed by atoms with Crippen LogP contribution in [0.15, 0.2) is 6.20 Å². The SMILES string of the molecule is Cc1nn(C)c(C)c1NC(=O)Cn1cc(CC(=O)O)nn1. The van der Waals surface area contributed by atoms with E-state index in [1.165, 1.54) is 10.9 Å². The van der Waals surface area contributed by atoms with Crippen LogP contribution < -0.4 is 5.32 Å². The average molecular weight is 292 g/mol. The number of hydrogen-bond donors (Lipinski definition) is 2. The Morgan fingerprint density at radius 1 is 1.38 bits per heavy atom. The van der Waals surface area contributed by atoms with Crippen LogP contribution in [0.4, 0.5) is 5.69 Å². The van der Waals surface area contributed by atoms with Crippen LogP contribution in [0.25, 0.3) is 0 Å². The standard InChI is InChI=1S/C12H16N6O3/c1-7-12(8(2)17(3)15-7)13-10(19)6-18-5-9(14-16-18)4-11(20)21/h5H,4,6H2,1-3H3,(H,13,19)(H,20,21). The van der Waals surface area contributed by atoms with Crippen molar-refractivity contribution in [3.8, 4) is 0 Å². The summed E-state index contributed by atoms with van der Waals surface area (Å²) in [5.74, 6) is -1.27. The molecule has 0 radical (unpaired) electrons. The van der Waals surface area contributed by atoms with Crippen LogP contribution in [0, 0.1) is 13.8 Å². The van der Waals surface area contributed by atoms with E-state index in [2.05, 4.69) is 20.7 Å². The van der Waals surface area contributed by atoms with Crippen LogP contribution in [0.2, 0.25) is 0 Å². The average Bonchev–Trinajstić information content (AvgIpc) is 2.89. The highest BCUT2D eigenvalue weighted by Crippen LogP contribution is 2.18. The number of carboxylic acid groups (broad SMARTS) is 1. The summed E-state index contributed by atoms with van der Waals surface area (Å²) in [4.78, 5) is 22.5. The number of amides is 1. The second-order valence-corrected chi connectivity index (χ2v) is 4.70. The molecular formula is C12H16N6O3. The van der Waals surface area contributed by atoms with E-state index in [4.69, 9.17) is 5.11 Å². The third-order valence-corrected chi connectivity index (χ3v) is 3.00. The zero-order valence-electron chi connectivity index (χ0n) is 12.0. The van der Waals surface area contributed by atoms with Gasteiger partial charge < -0.3 is 10.4 Å². The van der Waals surface area contributed by atoms with E-state index in [1.54, 1.807) is 11.7 Å². The molecule has 2 heterocycles. The van der Waals surface area contributed by atoms with Crippen molar-refractivity contribution >= 4 is 17.6 Å². The van der Waals surface area contributed by atoms with Gasteiger partial charge in [0.15, 0.2) is 0 Å². The highest BCUT2D eigenvalue weighted by Gasteiger charge is 2.14. The Labute approximate surface area is 120 Å². The zero-order chi connectivity index (χ0) is 15.6. The van der Waals surface area contributed by atoms with Gasteiger partial charge in [-0.15, -0.1) is 5.10 Å². The predicted octanol–water partition coefficient (Wildman–Crippen LogP) is -0.106. The minimum Gasteiger partial charge on any atom is -0.481 e. The maximum absolute atomic E-state index is 12.0. The van der Waals surface area contributed by atoms with Gasteiger partial charge in [0.05, 0.1) is 29.2 Å². The summed E-state index contributed by atoms with van der Waals surface area (Å²) >= 11 is 0. The van der Waals surface area contributed by atoms with Gasteiger partial charge in [-0.3, -0.25) is 14.3 Å². The lowest BCUT2D eigenvalue weighted by molar-refractivity contribution is -0.136. The number of aryl methyl sites for hydroxylation is 2. The zero-order valence-corrected chi connectivity index (χ0v) is 12.0. The molecule has 112 valence electrons. The number of carbonyl (C=O) groups is 2. The van der Waals surface area contributed by atoms with Crippen LogP contribution in [0.1, 0.15) is 17.1 Å². The van der Waals surface area contributed by atoms with Crippen molar-refractivity contribution in [3.05, 3.63) is 23.3 Å². The van der Waals surface area contributed by atoms with E-state index >= 15 is 0 Å². The quantitative estimate of drug-likeness (QED) is 0.794. The van der Waals surface area contributed by atoms with Crippen molar-refractivity contribution in [1.29, 1.82) is 0 Å². The highest BCUT2D eigenvalue weighted by molar-refractivity contribution is 5.91. The first kappa shape index (κ1) is 14.7. The summed E-state index contributed by atoms with van der Waals surface area (Å²) < 4.78 is 2.99. The molecular weight excluding hydrogens is 276 g/mol. The number of hydrogen-bond acceptors (Lipinski definition) is 5. The normalized spacial score (nSPS) is 10.6. The van der Waals surface area contributed by atoms with Gasteiger partial charge in [0.25, 0.3) is 0 Å². The molecule has 2 aromatic rings. The largest absolute Gasteiger partial charge is 0.481 e. The summed E-state index contributed by atoms with van der Waals surface area (Å²) in [5.41, 5.74) is 2.57. The Hall–Kier alpha value is -2.71. The molecule has 0 saturated carbocycles. The Morgan fingerprint density at radius 3 is 2.67 bits per heavy atom. The Balaban J connectivity index is 2.01. The monoisotopic (exact) mass is 292 g/mol. The van der Waals surface area contributed by atoms with Crippen molar-refractivity contribution < 1.29 is 14.7 Å². The molecule has 0 aliphatic carbocycles. The number of nitrogens with zero attached hydrogens (tertiary/aromatic N) is 5. The van der Waals surface area contributed by atoms with Crippen LogP contribution >= 0.6 is 0 Å². The Kier molecular flexibility index (Phi) is 4.01. The van der Waals surface area contributed by atoms with Gasteiger partial charge in [0, 0.05) is 13.2 Å². The van der Waals surface area contributed by atoms with Crippen molar-refractivity contribution in [2.24, 2.45) is 7.05 Å². The van der Waals surface area contributed by atoms with Crippen molar-refractivity contribution in [2.45, 2.75) is 26.8 Å². The maximum atomic E-state index is 12.0. The molecule has 0 aromatic carbocycles. The fourth-order valence-electron chi connectivity index (χ4n) is 1.93. The molecule has 0 saturated heterocycles. The highest BCUT2D eigenvalue weighted by atomic mass is 16.4. The molecule has 9 heteroatoms. The predicted molar refractivity (Wildman–Crippen MR) is 72.7 cm³/mol. The van der Waals surface area contributed by atoms with Crippen molar-refractivity contribution in [3.63, 3.8) is 0 Å². The maximum Gasteiger partial charge on any atom is 0.309 e. The molecule has 0 fully saturated rings. The summed E-state index contributed by atoms with van der Waals surface area (Å²) in [7, 11) is 1.80. The van der Waals surface area contributed by atoms with Gasteiger partial charge in [-0.1, -0.05) is 5.21 Å². The first-order valence-electron chi connectivity index (χ1n) is 6.27. The number of nitrogens with one attached hydrogen (secondary N) is 1. The molecule has 0 aliphatic heterocycles. The van der Waals surface area contributed by atoms with Crippen molar-refractivity contribution in [1.82, 2.24) is 24.8 Å². The molecule has 0 spiro atoms. The van der Waals surface area contributed by atoms with Crippen molar-refractivity contribution in [2.75, 3.05) is 5.32 Å². The summed E-state index contributed by atoms with van der Waals surface area (Å²) in [6, 6.07) is 0. The Morgan fingerprint density at radius 2 is 2.10 bits per heavy atom. The first-order chi connectivity index (χ1) is 9.86. The number of aliphatic carboxylic acids is 1. The smallest absolute Gasteiger partial charge is 0.309 e. The fourth-order valence-corrected chi connectivity index (χ4v) is 1.93. The molecule has 1 amide bonds. The minimum absolute atomic E-state index is 0.0413. The summed E-state index contributed by atoms with van der Waals surface area (Å²) in [6.07, 6.45) is 1.22. The topological polar surface area (TPSA) is 115 Å². The second kappa shape index (κ2) is 5.73. The molecule has 2 aromatic heterocycles. The van der Waals surface area contributed by atoms with E-state index in [-0.39, 0.29) is 18.9 Å². The molecule has 0 unspecified atom stereocenters. The molecule has 2 rings (SSSR count). The molecule has 9 nitrogen and oxygen atoms in total. The lowest BCUT2D eigenvalue weighted by Crippen LogP contribution is -2.20. The van der Waals surface area contributed by atoms with E-state index < -0.39 is 5.97 Å². The van der Waals surface area contributed by atoms with Crippen LogP contribution in [-0.4, -0.2) is 41.8 Å². The molecule has 21 heavy (non-hydrogen) atoms. The van der Waals surface area contributed by atoms with E-state index in [1.807, 2.05) is 13.8 Å². The number of carboxylic acids is 1. The van der Waals surface area contributed by atoms with Gasteiger partial charge in [-0.2, -0.15) is 5.10 Å². The van der Waals surface area contributed by atoms with Crippen LogP contribution in [-0.2, 0) is 29.6 Å². The van der Waals surface area contributed by atoms with Gasteiger partial charge in [-0.25, -0.2) is 4.68 Å². The van der Waals surface area contributed by atoms with Crippen LogP contribution in [0.5, 0.6) is 0 Å². The third kappa shape index (κ3) is 3.44. The number of carbonyl (C=O) groups excluding carboxylic acids is 1. The third-order valence-electron chi connectivity index (χ3n) is 3.00. The van der Waals surface area contributed by atoms with Crippen LogP contribution in [0.3, 0.4) is 0 Å². The van der Waals surface area contributed by atoms with Gasteiger partial charge in [0.1, 0.15) is 6.54 Å².